The molecule has 3 aromatic rings. The largest absolute Gasteiger partial charge is 0.490 e. The van der Waals surface area contributed by atoms with Crippen molar-refractivity contribution in [3.05, 3.63) is 48.0 Å². The molecule has 0 aliphatic carbocycles. The number of rotatable bonds is 19. The topological polar surface area (TPSA) is 27.7 Å². The summed E-state index contributed by atoms with van der Waals surface area (Å²) in [5, 5.41) is 2.08. The smallest absolute Gasteiger partial charge is 0.201 e. The summed E-state index contributed by atoms with van der Waals surface area (Å²) in [6, 6.07) is 9.95. The summed E-state index contributed by atoms with van der Waals surface area (Å²) in [5.41, 5.74) is 0. The van der Waals surface area contributed by atoms with Crippen molar-refractivity contribution in [1.29, 1.82) is 0 Å². The Morgan fingerprint density at radius 3 is 1.49 bits per heavy atom. The summed E-state index contributed by atoms with van der Waals surface area (Å²) in [6.45, 7) is 5.35. The van der Waals surface area contributed by atoms with Crippen LogP contribution in [0.1, 0.15) is 104 Å². The minimum Gasteiger partial charge on any atom is -0.490 e. The molecule has 0 atom stereocenters. The molecule has 5 heteroatoms. The van der Waals surface area contributed by atoms with Gasteiger partial charge in [-0.15, -0.1) is 0 Å². The fraction of sp³-hybridized carbons (Fsp3) is 0.562. The van der Waals surface area contributed by atoms with Crippen LogP contribution in [0.25, 0.3) is 21.5 Å². The van der Waals surface area contributed by atoms with E-state index in [0.717, 1.165) is 25.7 Å². The first-order chi connectivity index (χ1) is 18.2. The molecular formula is C32H44F2O3. The molecule has 0 saturated heterocycles. The van der Waals surface area contributed by atoms with Crippen molar-refractivity contribution in [2.24, 2.45) is 0 Å². The fourth-order valence-corrected chi connectivity index (χ4v) is 4.75. The van der Waals surface area contributed by atoms with Crippen molar-refractivity contribution in [3.63, 3.8) is 0 Å². The molecule has 0 aliphatic rings. The van der Waals surface area contributed by atoms with Gasteiger partial charge in [0.2, 0.25) is 5.75 Å². The van der Waals surface area contributed by atoms with Crippen LogP contribution in [0.3, 0.4) is 0 Å². The molecule has 0 unspecified atom stereocenters. The van der Waals surface area contributed by atoms with E-state index in [2.05, 4.69) is 13.8 Å². The van der Waals surface area contributed by atoms with E-state index in [1.165, 1.54) is 64.2 Å². The summed E-state index contributed by atoms with van der Waals surface area (Å²) in [6.07, 6.45) is 16.5. The molecule has 0 aromatic heterocycles. The molecule has 204 valence electrons. The SMILES string of the molecule is CCCCCCCCCCOOc1ccc2c(ccc3c(F)c(OCCCCCCCC)ccc32)c1F. The number of hydrogen-bond acceptors (Lipinski definition) is 3. The summed E-state index contributed by atoms with van der Waals surface area (Å²) in [7, 11) is 0. The maximum atomic E-state index is 15.2. The van der Waals surface area contributed by atoms with Crippen LogP contribution in [0.15, 0.2) is 36.4 Å². The van der Waals surface area contributed by atoms with Crippen LogP contribution < -0.4 is 9.62 Å². The molecule has 0 saturated carbocycles. The van der Waals surface area contributed by atoms with Gasteiger partial charge in [-0.05, 0) is 47.9 Å². The van der Waals surface area contributed by atoms with Crippen molar-refractivity contribution in [2.75, 3.05) is 13.2 Å². The summed E-state index contributed by atoms with van der Waals surface area (Å²) < 4.78 is 36.0. The third-order valence-corrected chi connectivity index (χ3v) is 6.98. The number of benzene rings is 3. The van der Waals surface area contributed by atoms with E-state index in [9.17, 15) is 0 Å². The van der Waals surface area contributed by atoms with E-state index < -0.39 is 11.6 Å². The van der Waals surface area contributed by atoms with Crippen LogP contribution >= 0.6 is 0 Å². The van der Waals surface area contributed by atoms with Crippen molar-refractivity contribution < 1.29 is 23.3 Å². The molecule has 0 bridgehead atoms. The third-order valence-electron chi connectivity index (χ3n) is 6.98. The van der Waals surface area contributed by atoms with Gasteiger partial charge in [0, 0.05) is 10.8 Å². The Balaban J connectivity index is 1.52. The minimum atomic E-state index is -0.501. The lowest BCUT2D eigenvalue weighted by atomic mass is 10.0. The molecule has 37 heavy (non-hydrogen) atoms. The minimum absolute atomic E-state index is 0.0470. The standard InChI is InChI=1S/C32H44F2O3/c1-3-5-7-9-11-12-14-16-24-36-37-30-22-20-26-25-19-21-29(35-23-15-13-10-8-6-4-2)31(33)27(25)17-18-28(26)32(30)34/h17-22H,3-16,23-24H2,1-2H3. The second kappa shape index (κ2) is 16.4. The number of unbranched alkanes of at least 4 members (excludes halogenated alkanes) is 12. The lowest BCUT2D eigenvalue weighted by Crippen LogP contribution is -2.02. The Labute approximate surface area is 221 Å². The maximum absolute atomic E-state index is 15.2. The van der Waals surface area contributed by atoms with Gasteiger partial charge in [0.15, 0.2) is 17.4 Å². The molecule has 3 nitrogen and oxygen atoms in total. The zero-order valence-electron chi connectivity index (χ0n) is 22.8. The Hall–Kier alpha value is -2.40. The van der Waals surface area contributed by atoms with Crippen LogP contribution in [0.4, 0.5) is 8.78 Å². The average Bonchev–Trinajstić information content (AvgIpc) is 2.91. The zero-order chi connectivity index (χ0) is 26.3. The van der Waals surface area contributed by atoms with E-state index >= 15 is 8.78 Å². The van der Waals surface area contributed by atoms with Crippen LogP contribution in [-0.4, -0.2) is 13.2 Å². The predicted octanol–water partition coefficient (Wildman–Crippen LogP) is 10.5. The first-order valence-corrected chi connectivity index (χ1v) is 14.4. The van der Waals surface area contributed by atoms with E-state index in [0.29, 0.717) is 34.8 Å². The lowest BCUT2D eigenvalue weighted by Gasteiger charge is -2.12. The molecule has 3 rings (SSSR count). The molecule has 0 spiro atoms. The molecule has 0 fully saturated rings. The van der Waals surface area contributed by atoms with Gasteiger partial charge in [0.05, 0.1) is 13.2 Å². The van der Waals surface area contributed by atoms with Crippen molar-refractivity contribution in [1.82, 2.24) is 0 Å². The van der Waals surface area contributed by atoms with Gasteiger partial charge in [-0.3, -0.25) is 0 Å². The van der Waals surface area contributed by atoms with Gasteiger partial charge in [0.1, 0.15) is 0 Å². The van der Waals surface area contributed by atoms with Gasteiger partial charge in [-0.2, -0.15) is 4.89 Å². The molecule has 0 amide bonds. The molecule has 0 aliphatic heterocycles. The van der Waals surface area contributed by atoms with E-state index in [1.807, 2.05) is 0 Å². The summed E-state index contributed by atoms with van der Waals surface area (Å²) in [5.74, 6) is -0.611. The number of ether oxygens (including phenoxy) is 1. The summed E-state index contributed by atoms with van der Waals surface area (Å²) >= 11 is 0. The van der Waals surface area contributed by atoms with Crippen LogP contribution in [-0.2, 0) is 4.89 Å². The normalized spacial score (nSPS) is 11.5. The number of halogens is 2. The second-order valence-corrected chi connectivity index (χ2v) is 10.0. The van der Waals surface area contributed by atoms with Gasteiger partial charge in [-0.1, -0.05) is 103 Å². The quantitative estimate of drug-likeness (QED) is 0.0689. The van der Waals surface area contributed by atoms with E-state index in [-0.39, 0.29) is 11.5 Å². The third kappa shape index (κ3) is 8.84. The van der Waals surface area contributed by atoms with Crippen LogP contribution in [0, 0.1) is 11.6 Å². The van der Waals surface area contributed by atoms with Gasteiger partial charge in [0.25, 0.3) is 0 Å². The molecule has 0 radical (unpaired) electrons. The Morgan fingerprint density at radius 2 is 0.919 bits per heavy atom. The van der Waals surface area contributed by atoms with Crippen molar-refractivity contribution >= 4 is 21.5 Å². The first kappa shape index (κ1) is 29.2. The Morgan fingerprint density at radius 1 is 0.486 bits per heavy atom. The fourth-order valence-electron chi connectivity index (χ4n) is 4.75. The monoisotopic (exact) mass is 514 g/mol. The average molecular weight is 515 g/mol. The van der Waals surface area contributed by atoms with Crippen LogP contribution in [0.5, 0.6) is 11.5 Å². The second-order valence-electron chi connectivity index (χ2n) is 10.0. The highest BCUT2D eigenvalue weighted by Gasteiger charge is 2.15. The molecule has 3 aromatic carbocycles. The highest BCUT2D eigenvalue weighted by atomic mass is 19.1. The van der Waals surface area contributed by atoms with E-state index in [1.54, 1.807) is 36.4 Å². The predicted molar refractivity (Wildman–Crippen MR) is 149 cm³/mol. The van der Waals surface area contributed by atoms with Gasteiger partial charge in [-0.25, -0.2) is 8.78 Å². The lowest BCUT2D eigenvalue weighted by molar-refractivity contribution is -0.209. The van der Waals surface area contributed by atoms with Crippen molar-refractivity contribution in [2.45, 2.75) is 104 Å². The Kier molecular flexibility index (Phi) is 13.0. The van der Waals surface area contributed by atoms with E-state index in [4.69, 9.17) is 14.5 Å². The maximum Gasteiger partial charge on any atom is 0.201 e. The highest BCUT2D eigenvalue weighted by molar-refractivity contribution is 6.08. The van der Waals surface area contributed by atoms with Gasteiger partial charge < -0.3 is 9.62 Å². The first-order valence-electron chi connectivity index (χ1n) is 14.4. The van der Waals surface area contributed by atoms with Crippen LogP contribution in [0.2, 0.25) is 0 Å². The zero-order valence-corrected chi connectivity index (χ0v) is 22.8. The Bertz CT molecular complexity index is 1080. The van der Waals surface area contributed by atoms with Gasteiger partial charge >= 0.3 is 0 Å². The number of hydrogen-bond donors (Lipinski definition) is 0. The molecule has 0 heterocycles. The summed E-state index contributed by atoms with van der Waals surface area (Å²) in [4.78, 5) is 10.6. The highest BCUT2D eigenvalue weighted by Crippen LogP contribution is 2.35. The molecular weight excluding hydrogens is 470 g/mol. The van der Waals surface area contributed by atoms with Crippen molar-refractivity contribution in [3.8, 4) is 11.5 Å². The molecule has 0 N–H and O–H groups in total. The number of fused-ring (bicyclic) bond motifs is 3.